The molecule has 2 saturated carbocycles. The van der Waals surface area contributed by atoms with E-state index in [-0.39, 0.29) is 40.9 Å². The summed E-state index contributed by atoms with van der Waals surface area (Å²) in [6.07, 6.45) is 3.16. The maximum absolute atomic E-state index is 12.7. The number of rotatable bonds is 6. The average molecular weight is 418 g/mol. The van der Waals surface area contributed by atoms with Crippen molar-refractivity contribution in [2.24, 2.45) is 23.5 Å². The van der Waals surface area contributed by atoms with Gasteiger partial charge in [-0.05, 0) is 56.2 Å². The van der Waals surface area contributed by atoms with E-state index in [1.807, 2.05) is 0 Å². The van der Waals surface area contributed by atoms with Crippen molar-refractivity contribution < 1.29 is 17.9 Å². The maximum Gasteiger partial charge on any atom is 0.246 e. The molecule has 1 amide bonds. The van der Waals surface area contributed by atoms with Gasteiger partial charge < -0.3 is 15.8 Å². The van der Waals surface area contributed by atoms with Crippen molar-refractivity contribution in [1.29, 1.82) is 0 Å². The van der Waals surface area contributed by atoms with Crippen LogP contribution in [0, 0.1) is 17.8 Å². The number of nitrogens with two attached hydrogens (primary N) is 1. The smallest absolute Gasteiger partial charge is 0.246 e. The SMILES string of the molecule is CCOc1ccc(NC(=O)C2C3CCC(C3)C2N)cc1S(=O)(=O)N(C)C.Cl. The highest BCUT2D eigenvalue weighted by Crippen LogP contribution is 2.48. The molecule has 4 atom stereocenters. The minimum atomic E-state index is -3.69. The van der Waals surface area contributed by atoms with Gasteiger partial charge in [-0.2, -0.15) is 0 Å². The number of benzene rings is 1. The maximum atomic E-state index is 12.7. The molecule has 3 N–H and O–H groups in total. The third-order valence-electron chi connectivity index (χ3n) is 5.55. The number of hydrogen-bond acceptors (Lipinski definition) is 5. The summed E-state index contributed by atoms with van der Waals surface area (Å²) in [5.74, 6) is 0.718. The number of carbonyl (C=O) groups is 1. The Morgan fingerprint density at radius 2 is 1.96 bits per heavy atom. The molecule has 4 unspecified atom stereocenters. The molecule has 152 valence electrons. The average Bonchev–Trinajstić information content (AvgIpc) is 3.17. The van der Waals surface area contributed by atoms with Gasteiger partial charge >= 0.3 is 0 Å². The molecule has 9 heteroatoms. The van der Waals surface area contributed by atoms with Crippen LogP contribution in [0.4, 0.5) is 5.69 Å². The number of sulfonamides is 1. The zero-order valence-electron chi connectivity index (χ0n) is 15.8. The fraction of sp³-hybridized carbons (Fsp3) is 0.611. The third kappa shape index (κ3) is 4.08. The molecule has 0 spiro atoms. The van der Waals surface area contributed by atoms with Crippen molar-refractivity contribution in [2.75, 3.05) is 26.0 Å². The van der Waals surface area contributed by atoms with Crippen LogP contribution in [0.3, 0.4) is 0 Å². The van der Waals surface area contributed by atoms with E-state index in [4.69, 9.17) is 10.5 Å². The molecular formula is C18H28ClN3O4S. The minimum Gasteiger partial charge on any atom is -0.492 e. The molecule has 1 aromatic rings. The second-order valence-corrected chi connectivity index (χ2v) is 9.43. The van der Waals surface area contributed by atoms with E-state index in [0.717, 1.165) is 23.6 Å². The number of nitrogens with zero attached hydrogens (tertiary/aromatic N) is 1. The van der Waals surface area contributed by atoms with Crippen molar-refractivity contribution >= 4 is 34.0 Å². The molecule has 7 nitrogen and oxygen atoms in total. The van der Waals surface area contributed by atoms with Crippen LogP contribution in [0.15, 0.2) is 23.1 Å². The number of amides is 1. The number of halogens is 1. The minimum absolute atomic E-state index is 0. The quantitative estimate of drug-likeness (QED) is 0.737. The van der Waals surface area contributed by atoms with Crippen LogP contribution in [-0.4, -0.2) is 45.4 Å². The van der Waals surface area contributed by atoms with E-state index in [1.165, 1.54) is 20.2 Å². The Labute approximate surface area is 167 Å². The van der Waals surface area contributed by atoms with Crippen LogP contribution in [0.2, 0.25) is 0 Å². The first-order chi connectivity index (χ1) is 12.3. The van der Waals surface area contributed by atoms with Gasteiger partial charge in [-0.25, -0.2) is 12.7 Å². The van der Waals surface area contributed by atoms with Crippen LogP contribution in [0.5, 0.6) is 5.75 Å². The van der Waals surface area contributed by atoms with Crippen molar-refractivity contribution in [1.82, 2.24) is 4.31 Å². The molecule has 2 fully saturated rings. The largest absolute Gasteiger partial charge is 0.492 e. The summed E-state index contributed by atoms with van der Waals surface area (Å²) in [6, 6.07) is 4.59. The standard InChI is InChI=1S/C18H27N3O4S.ClH/c1-4-25-14-8-7-13(10-15(14)26(23,24)21(2)3)20-18(22)16-11-5-6-12(9-11)17(16)19;/h7-8,10-12,16-17H,4-6,9,19H2,1-3H3,(H,20,22);1H. The predicted molar refractivity (Wildman–Crippen MR) is 107 cm³/mol. The van der Waals surface area contributed by atoms with E-state index < -0.39 is 10.0 Å². The first kappa shape index (κ1) is 21.9. The van der Waals surface area contributed by atoms with Crippen LogP contribution < -0.4 is 15.8 Å². The molecule has 3 rings (SSSR count). The van der Waals surface area contributed by atoms with E-state index >= 15 is 0 Å². The summed E-state index contributed by atoms with van der Waals surface area (Å²) in [5.41, 5.74) is 6.68. The van der Waals surface area contributed by atoms with Crippen molar-refractivity contribution in [3.8, 4) is 5.75 Å². The Morgan fingerprint density at radius 3 is 2.52 bits per heavy atom. The zero-order valence-corrected chi connectivity index (χ0v) is 17.5. The lowest BCUT2D eigenvalue weighted by Gasteiger charge is -2.27. The molecule has 27 heavy (non-hydrogen) atoms. The summed E-state index contributed by atoms with van der Waals surface area (Å²) in [7, 11) is -0.768. The van der Waals surface area contributed by atoms with Crippen LogP contribution in [0.1, 0.15) is 26.2 Å². The molecule has 2 aliphatic carbocycles. The Kier molecular flexibility index (Phi) is 6.78. The topological polar surface area (TPSA) is 102 Å². The Balaban J connectivity index is 0.00000261. The summed E-state index contributed by atoms with van der Waals surface area (Å²) < 4.78 is 31.8. The molecule has 0 saturated heterocycles. The van der Waals surface area contributed by atoms with E-state index in [9.17, 15) is 13.2 Å². The molecule has 0 aromatic heterocycles. The lowest BCUT2D eigenvalue weighted by atomic mass is 9.84. The molecule has 2 aliphatic rings. The second kappa shape index (κ2) is 8.34. The van der Waals surface area contributed by atoms with E-state index in [0.29, 0.717) is 24.1 Å². The van der Waals surface area contributed by atoms with Gasteiger partial charge in [0, 0.05) is 25.8 Å². The Bertz CT molecular complexity index is 798. The molecule has 2 bridgehead atoms. The van der Waals surface area contributed by atoms with Gasteiger partial charge in [-0.1, -0.05) is 0 Å². The highest BCUT2D eigenvalue weighted by Gasteiger charge is 2.49. The summed E-state index contributed by atoms with van der Waals surface area (Å²) in [4.78, 5) is 12.8. The van der Waals surface area contributed by atoms with Crippen molar-refractivity contribution in [2.45, 2.75) is 37.1 Å². The molecular weight excluding hydrogens is 390 g/mol. The highest BCUT2D eigenvalue weighted by atomic mass is 35.5. The van der Waals surface area contributed by atoms with Gasteiger partial charge in [-0.3, -0.25) is 4.79 Å². The number of fused-ring (bicyclic) bond motifs is 2. The highest BCUT2D eigenvalue weighted by molar-refractivity contribution is 7.89. The van der Waals surface area contributed by atoms with Crippen molar-refractivity contribution in [3.63, 3.8) is 0 Å². The molecule has 0 radical (unpaired) electrons. The van der Waals surface area contributed by atoms with Gasteiger partial charge in [0.05, 0.1) is 12.5 Å². The molecule has 0 aliphatic heterocycles. The Morgan fingerprint density at radius 1 is 1.30 bits per heavy atom. The van der Waals surface area contributed by atoms with Gasteiger partial charge in [0.1, 0.15) is 10.6 Å². The second-order valence-electron chi connectivity index (χ2n) is 7.31. The summed E-state index contributed by atoms with van der Waals surface area (Å²) in [6.45, 7) is 2.14. The number of hydrogen-bond donors (Lipinski definition) is 2. The van der Waals surface area contributed by atoms with Crippen LogP contribution in [-0.2, 0) is 14.8 Å². The zero-order chi connectivity index (χ0) is 19.1. The van der Waals surface area contributed by atoms with Gasteiger partial charge in [0.15, 0.2) is 0 Å². The normalized spacial score (nSPS) is 26.7. The fourth-order valence-corrected chi connectivity index (χ4v) is 5.26. The van der Waals surface area contributed by atoms with Gasteiger partial charge in [0.25, 0.3) is 0 Å². The van der Waals surface area contributed by atoms with Crippen LogP contribution in [0.25, 0.3) is 0 Å². The van der Waals surface area contributed by atoms with Crippen molar-refractivity contribution in [3.05, 3.63) is 18.2 Å². The summed E-state index contributed by atoms with van der Waals surface area (Å²) >= 11 is 0. The molecule has 0 heterocycles. The predicted octanol–water partition coefficient (Wildman–Crippen LogP) is 2.07. The third-order valence-corrected chi connectivity index (χ3v) is 7.39. The van der Waals surface area contributed by atoms with E-state index in [1.54, 1.807) is 19.1 Å². The lowest BCUT2D eigenvalue weighted by Crippen LogP contribution is -2.42. The number of nitrogens with one attached hydrogen (secondary N) is 1. The first-order valence-electron chi connectivity index (χ1n) is 9.01. The monoisotopic (exact) mass is 417 g/mol. The number of anilines is 1. The number of carbonyl (C=O) groups excluding carboxylic acids is 1. The molecule has 1 aromatic carbocycles. The first-order valence-corrected chi connectivity index (χ1v) is 10.5. The lowest BCUT2D eigenvalue weighted by molar-refractivity contribution is -0.121. The van der Waals surface area contributed by atoms with E-state index in [2.05, 4.69) is 5.32 Å². The number of ether oxygens (including phenoxy) is 1. The van der Waals surface area contributed by atoms with Gasteiger partial charge in [0.2, 0.25) is 15.9 Å². The summed E-state index contributed by atoms with van der Waals surface area (Å²) in [5, 5.41) is 2.86. The Hall–Kier alpha value is -1.35. The van der Waals surface area contributed by atoms with Gasteiger partial charge in [-0.15, -0.1) is 12.4 Å². The fourth-order valence-electron chi connectivity index (χ4n) is 4.21. The van der Waals surface area contributed by atoms with Crippen LogP contribution >= 0.6 is 12.4 Å².